The zero-order valence-corrected chi connectivity index (χ0v) is 5.77. The van der Waals surface area contributed by atoms with E-state index in [1.807, 2.05) is 6.92 Å². The van der Waals surface area contributed by atoms with E-state index in [0.717, 1.165) is 0 Å². The van der Waals surface area contributed by atoms with E-state index in [4.69, 9.17) is 5.11 Å². The minimum absolute atomic E-state index is 0.250. The highest BCUT2D eigenvalue weighted by atomic mass is 16.2. The van der Waals surface area contributed by atoms with Gasteiger partial charge in [-0.15, -0.1) is 0 Å². The second-order valence-electron chi connectivity index (χ2n) is 1.37. The first-order chi connectivity index (χ1) is 3.68. The molecule has 2 heteroatoms. The van der Waals surface area contributed by atoms with Crippen molar-refractivity contribution >= 4 is 5.78 Å². The largest absolute Gasteiger partial charge is 0.397 e. The fraction of sp³-hybridized carbons (Fsp3) is 0.833. The third-order valence-electron chi connectivity index (χ3n) is 0.498. The number of aliphatic hydroxyl groups excluding tert-OH is 1. The summed E-state index contributed by atoms with van der Waals surface area (Å²) in [4.78, 5) is 9.81. The molecule has 50 valence electrons. The number of hydrogen-bond donors (Lipinski definition) is 1. The molecule has 0 rings (SSSR count). The van der Waals surface area contributed by atoms with Crippen LogP contribution >= 0.6 is 0 Å². The minimum Gasteiger partial charge on any atom is -0.397 e. The van der Waals surface area contributed by atoms with E-state index in [1.54, 1.807) is 13.8 Å². The molecule has 0 radical (unpaired) electrons. The maximum absolute atomic E-state index is 9.81. The molecular weight excluding hydrogens is 104 g/mol. The quantitative estimate of drug-likeness (QED) is 0.557. The lowest BCUT2D eigenvalue weighted by atomic mass is 10.4. The normalized spacial score (nSPS) is 7.00. The lowest BCUT2D eigenvalue weighted by Gasteiger charge is -1.71. The Morgan fingerprint density at radius 2 is 1.62 bits per heavy atom. The molecule has 1 N–H and O–H groups in total. The molecule has 0 aliphatic rings. The Bertz CT molecular complexity index is 50.5. The number of rotatable bonds is 1. The molecule has 0 aliphatic carbocycles. The molecular formula is C6H14O2. The highest BCUT2D eigenvalue weighted by molar-refractivity contribution is 5.74. The van der Waals surface area contributed by atoms with Gasteiger partial charge in [-0.1, -0.05) is 6.92 Å². The Balaban J connectivity index is 0. The molecule has 0 aromatic carbocycles. The third-order valence-corrected chi connectivity index (χ3v) is 0.498. The van der Waals surface area contributed by atoms with Gasteiger partial charge in [0.05, 0.1) is 0 Å². The van der Waals surface area contributed by atoms with Crippen LogP contribution in [-0.4, -0.2) is 17.5 Å². The third kappa shape index (κ3) is 45.4. The fourth-order valence-corrected chi connectivity index (χ4v) is 0. The molecule has 0 spiro atoms. The number of aliphatic hydroxyl groups is 1. The number of ketones is 1. The molecule has 0 atom stereocenters. The van der Waals surface area contributed by atoms with Gasteiger partial charge in [0.15, 0.2) is 0 Å². The van der Waals surface area contributed by atoms with Crippen LogP contribution in [0.1, 0.15) is 27.2 Å². The van der Waals surface area contributed by atoms with Crippen molar-refractivity contribution in [2.24, 2.45) is 0 Å². The average molecular weight is 118 g/mol. The summed E-state index contributed by atoms with van der Waals surface area (Å²) in [6, 6.07) is 0. The highest BCUT2D eigenvalue weighted by Gasteiger charge is 1.76. The predicted molar refractivity (Wildman–Crippen MR) is 33.7 cm³/mol. The van der Waals surface area contributed by atoms with Crippen LogP contribution in [0.15, 0.2) is 0 Å². The molecule has 0 saturated carbocycles. The maximum Gasteiger partial charge on any atom is 0.129 e. The summed E-state index contributed by atoms with van der Waals surface area (Å²) >= 11 is 0. The first-order valence-corrected chi connectivity index (χ1v) is 2.79. The average Bonchev–Trinajstić information content (AvgIpc) is 1.69. The van der Waals surface area contributed by atoms with Gasteiger partial charge in [0.25, 0.3) is 0 Å². The Morgan fingerprint density at radius 3 is 1.62 bits per heavy atom. The van der Waals surface area contributed by atoms with E-state index in [9.17, 15) is 4.79 Å². The Hall–Kier alpha value is -0.370. The molecule has 0 aromatic rings. The van der Waals surface area contributed by atoms with E-state index in [1.165, 1.54) is 0 Å². The van der Waals surface area contributed by atoms with E-state index in [-0.39, 0.29) is 12.4 Å². The topological polar surface area (TPSA) is 37.3 Å². The molecule has 0 aromatic heterocycles. The lowest BCUT2D eigenvalue weighted by molar-refractivity contribution is -0.116. The molecule has 0 unspecified atom stereocenters. The van der Waals surface area contributed by atoms with Crippen LogP contribution < -0.4 is 0 Å². The van der Waals surface area contributed by atoms with Crippen LogP contribution in [0, 0.1) is 0 Å². The first-order valence-electron chi connectivity index (χ1n) is 2.79. The Labute approximate surface area is 50.5 Å². The maximum atomic E-state index is 9.81. The molecule has 2 nitrogen and oxygen atoms in total. The van der Waals surface area contributed by atoms with Crippen LogP contribution in [0.2, 0.25) is 0 Å². The van der Waals surface area contributed by atoms with Crippen molar-refractivity contribution in [2.45, 2.75) is 27.2 Å². The molecule has 0 aliphatic heterocycles. The summed E-state index contributed by atoms with van der Waals surface area (Å²) in [5, 5.41) is 7.57. The molecule has 0 bridgehead atoms. The first kappa shape index (κ1) is 10.6. The number of carbonyl (C=O) groups excluding carboxylic acids is 1. The van der Waals surface area contributed by atoms with E-state index in [0.29, 0.717) is 6.42 Å². The van der Waals surface area contributed by atoms with Crippen molar-refractivity contribution in [1.29, 1.82) is 0 Å². The molecule has 0 saturated heterocycles. The molecule has 8 heavy (non-hydrogen) atoms. The zero-order valence-electron chi connectivity index (χ0n) is 5.77. The second kappa shape index (κ2) is 9.80. The van der Waals surface area contributed by atoms with Gasteiger partial charge < -0.3 is 9.90 Å². The number of carbonyl (C=O) groups is 1. The van der Waals surface area contributed by atoms with Gasteiger partial charge in [-0.2, -0.15) is 0 Å². The summed E-state index contributed by atoms with van der Waals surface area (Å²) < 4.78 is 0. The van der Waals surface area contributed by atoms with Crippen LogP contribution in [0.4, 0.5) is 0 Å². The van der Waals surface area contributed by atoms with Crippen molar-refractivity contribution in [2.75, 3.05) is 6.61 Å². The van der Waals surface area contributed by atoms with Crippen molar-refractivity contribution in [1.82, 2.24) is 0 Å². The second-order valence-corrected chi connectivity index (χ2v) is 1.37. The van der Waals surface area contributed by atoms with Crippen molar-refractivity contribution in [3.8, 4) is 0 Å². The smallest absolute Gasteiger partial charge is 0.129 e. The summed E-state index contributed by atoms with van der Waals surface area (Å²) in [6.07, 6.45) is 0.667. The lowest BCUT2D eigenvalue weighted by Crippen LogP contribution is -1.80. The van der Waals surface area contributed by atoms with Gasteiger partial charge in [0, 0.05) is 13.0 Å². The van der Waals surface area contributed by atoms with Gasteiger partial charge in [-0.25, -0.2) is 0 Å². The van der Waals surface area contributed by atoms with Gasteiger partial charge in [-0.3, -0.25) is 0 Å². The van der Waals surface area contributed by atoms with E-state index >= 15 is 0 Å². The standard InChI is InChI=1S/C4H8O.C2H6O/c1-3-4(2)5;1-2-3/h3H2,1-2H3;3H,2H2,1H3. The van der Waals surface area contributed by atoms with Crippen LogP contribution in [-0.2, 0) is 4.79 Å². The van der Waals surface area contributed by atoms with Crippen LogP contribution in [0.3, 0.4) is 0 Å². The number of Topliss-reactive ketones (excluding diaryl/α,β-unsaturated/α-hetero) is 1. The SMILES string of the molecule is CCC(C)=O.CCO. The Kier molecular flexibility index (Phi) is 13.0. The van der Waals surface area contributed by atoms with Crippen molar-refractivity contribution in [3.63, 3.8) is 0 Å². The summed E-state index contributed by atoms with van der Waals surface area (Å²) in [5.41, 5.74) is 0. The highest BCUT2D eigenvalue weighted by Crippen LogP contribution is 1.71. The zero-order chi connectivity index (χ0) is 6.99. The van der Waals surface area contributed by atoms with Gasteiger partial charge in [-0.05, 0) is 13.8 Å². The van der Waals surface area contributed by atoms with E-state index in [2.05, 4.69) is 0 Å². The van der Waals surface area contributed by atoms with Crippen LogP contribution in [0.25, 0.3) is 0 Å². The summed E-state index contributed by atoms with van der Waals surface area (Å²) in [5.74, 6) is 0.255. The molecule has 0 heterocycles. The Morgan fingerprint density at radius 1 is 1.50 bits per heavy atom. The molecule has 0 fully saturated rings. The van der Waals surface area contributed by atoms with Crippen LogP contribution in [0.5, 0.6) is 0 Å². The van der Waals surface area contributed by atoms with Crippen molar-refractivity contribution in [3.05, 3.63) is 0 Å². The molecule has 0 amide bonds. The summed E-state index contributed by atoms with van der Waals surface area (Å²) in [6.45, 7) is 5.36. The minimum atomic E-state index is 0.250. The number of hydrogen-bond acceptors (Lipinski definition) is 2. The van der Waals surface area contributed by atoms with Gasteiger partial charge in [0.2, 0.25) is 0 Å². The monoisotopic (exact) mass is 118 g/mol. The van der Waals surface area contributed by atoms with Crippen molar-refractivity contribution < 1.29 is 9.90 Å². The predicted octanol–water partition coefficient (Wildman–Crippen LogP) is 0.984. The van der Waals surface area contributed by atoms with Gasteiger partial charge in [0.1, 0.15) is 5.78 Å². The van der Waals surface area contributed by atoms with E-state index < -0.39 is 0 Å². The summed E-state index contributed by atoms with van der Waals surface area (Å²) in [7, 11) is 0. The van der Waals surface area contributed by atoms with Gasteiger partial charge >= 0.3 is 0 Å². The fourth-order valence-electron chi connectivity index (χ4n) is 0.